The minimum absolute atomic E-state index is 0.623. The molecule has 3 aromatic heterocycles. The van der Waals surface area contributed by atoms with Gasteiger partial charge < -0.3 is 4.42 Å². The second-order valence-corrected chi connectivity index (χ2v) is 17.4. The van der Waals surface area contributed by atoms with Crippen LogP contribution in [0.5, 0.6) is 0 Å². The Hall–Kier alpha value is -8.25. The van der Waals surface area contributed by atoms with Crippen molar-refractivity contribution >= 4 is 75.0 Å². The summed E-state index contributed by atoms with van der Waals surface area (Å²) in [4.78, 5) is 15.4. The Labute approximate surface area is 372 Å². The number of furan rings is 1. The second-order valence-electron chi connectivity index (χ2n) is 16.3. The molecule has 0 aliphatic heterocycles. The van der Waals surface area contributed by atoms with Crippen molar-refractivity contribution in [3.8, 4) is 67.5 Å². The molecule has 13 rings (SSSR count). The first-order valence-electron chi connectivity index (χ1n) is 21.5. The van der Waals surface area contributed by atoms with E-state index in [0.29, 0.717) is 17.5 Å². The van der Waals surface area contributed by atoms with Crippen molar-refractivity contribution in [3.63, 3.8) is 0 Å². The molecule has 0 N–H and O–H groups in total. The number of hydrogen-bond donors (Lipinski definition) is 0. The molecule has 4 nitrogen and oxygen atoms in total. The molecule has 0 atom stereocenters. The lowest BCUT2D eigenvalue weighted by atomic mass is 9.92. The van der Waals surface area contributed by atoms with E-state index in [1.54, 1.807) is 0 Å². The molecule has 0 aliphatic rings. The summed E-state index contributed by atoms with van der Waals surface area (Å²) >= 11 is 1.85. The van der Waals surface area contributed by atoms with Crippen molar-refractivity contribution in [1.82, 2.24) is 15.0 Å². The van der Waals surface area contributed by atoms with Crippen LogP contribution in [-0.4, -0.2) is 15.0 Å². The fourth-order valence-electron chi connectivity index (χ4n) is 9.40. The van der Waals surface area contributed by atoms with E-state index in [2.05, 4.69) is 194 Å². The monoisotopic (exact) mass is 833 g/mol. The maximum atomic E-state index is 6.56. The van der Waals surface area contributed by atoms with Crippen LogP contribution in [0.2, 0.25) is 0 Å². The van der Waals surface area contributed by atoms with Crippen LogP contribution in [0.3, 0.4) is 0 Å². The standard InChI is InChI=1S/C59H35N3OS/c1-2-12-38(13-3-1)57-60-58(39-26-23-37(24-27-39)41-28-25-36-11-4-5-14-40(36)33-41)62-59(61-57)50-20-9-16-44-45(17-8-18-46(44)50)49-19-10-21-53-56(49)51-34-42(30-32-52(51)63-53)43-29-31-48-47-15-6-7-22-54(47)64-55(48)35-43/h1-35H. The molecule has 64 heavy (non-hydrogen) atoms. The lowest BCUT2D eigenvalue weighted by molar-refractivity contribution is 0.669. The first-order chi connectivity index (χ1) is 31.7. The number of thiophene rings is 1. The Morgan fingerprint density at radius 2 is 0.875 bits per heavy atom. The average Bonchev–Trinajstić information content (AvgIpc) is 3.94. The van der Waals surface area contributed by atoms with Gasteiger partial charge in [-0.15, -0.1) is 11.3 Å². The summed E-state index contributed by atoms with van der Waals surface area (Å²) in [7, 11) is 0. The molecule has 3 heterocycles. The minimum Gasteiger partial charge on any atom is -0.456 e. The fraction of sp³-hybridized carbons (Fsp3) is 0. The summed E-state index contributed by atoms with van der Waals surface area (Å²) in [6.07, 6.45) is 0. The third kappa shape index (κ3) is 6.09. The summed E-state index contributed by atoms with van der Waals surface area (Å²) in [6, 6.07) is 75.2. The molecule has 0 unspecified atom stereocenters. The maximum absolute atomic E-state index is 6.56. The smallest absolute Gasteiger partial charge is 0.164 e. The van der Waals surface area contributed by atoms with Crippen LogP contribution in [0.25, 0.3) is 131 Å². The van der Waals surface area contributed by atoms with Gasteiger partial charge in [-0.1, -0.05) is 176 Å². The largest absolute Gasteiger partial charge is 0.456 e. The molecule has 13 aromatic rings. The third-order valence-corrected chi connectivity index (χ3v) is 13.7. The number of benzene rings is 10. The molecule has 0 aliphatic carbocycles. The molecule has 0 bridgehead atoms. The van der Waals surface area contributed by atoms with Crippen LogP contribution >= 0.6 is 11.3 Å². The van der Waals surface area contributed by atoms with Gasteiger partial charge >= 0.3 is 0 Å². The maximum Gasteiger partial charge on any atom is 0.164 e. The zero-order valence-electron chi connectivity index (χ0n) is 34.4. The number of nitrogens with zero attached hydrogens (tertiary/aromatic N) is 3. The van der Waals surface area contributed by atoms with E-state index < -0.39 is 0 Å². The Bertz CT molecular complexity index is 3960. The van der Waals surface area contributed by atoms with E-state index in [1.807, 2.05) is 29.5 Å². The minimum atomic E-state index is 0.623. The molecule has 0 saturated heterocycles. The highest BCUT2D eigenvalue weighted by atomic mass is 32.1. The lowest BCUT2D eigenvalue weighted by Gasteiger charge is -2.13. The zero-order valence-corrected chi connectivity index (χ0v) is 35.2. The van der Waals surface area contributed by atoms with Gasteiger partial charge in [0.05, 0.1) is 0 Å². The average molecular weight is 834 g/mol. The number of fused-ring (bicyclic) bond motifs is 8. The summed E-state index contributed by atoms with van der Waals surface area (Å²) < 4.78 is 9.16. The van der Waals surface area contributed by atoms with Gasteiger partial charge in [-0.2, -0.15) is 0 Å². The van der Waals surface area contributed by atoms with Crippen molar-refractivity contribution in [1.29, 1.82) is 0 Å². The topological polar surface area (TPSA) is 51.8 Å². The predicted molar refractivity (Wildman–Crippen MR) is 268 cm³/mol. The highest BCUT2D eigenvalue weighted by molar-refractivity contribution is 7.25. The van der Waals surface area contributed by atoms with Crippen molar-refractivity contribution in [3.05, 3.63) is 212 Å². The highest BCUT2D eigenvalue weighted by Crippen LogP contribution is 2.43. The van der Waals surface area contributed by atoms with E-state index in [4.69, 9.17) is 19.4 Å². The van der Waals surface area contributed by atoms with Gasteiger partial charge in [-0.3, -0.25) is 0 Å². The molecular formula is C59H35N3OS. The van der Waals surface area contributed by atoms with Crippen LogP contribution in [-0.2, 0) is 0 Å². The number of aromatic nitrogens is 3. The van der Waals surface area contributed by atoms with Crippen molar-refractivity contribution in [2.75, 3.05) is 0 Å². The molecule has 5 heteroatoms. The Morgan fingerprint density at radius 1 is 0.297 bits per heavy atom. The van der Waals surface area contributed by atoms with Crippen LogP contribution in [0.1, 0.15) is 0 Å². The molecule has 0 fully saturated rings. The van der Waals surface area contributed by atoms with Crippen molar-refractivity contribution < 1.29 is 4.42 Å². The van der Waals surface area contributed by atoms with Crippen molar-refractivity contribution in [2.45, 2.75) is 0 Å². The normalized spacial score (nSPS) is 11.8. The first kappa shape index (κ1) is 36.4. The van der Waals surface area contributed by atoms with Crippen LogP contribution in [0.4, 0.5) is 0 Å². The predicted octanol–water partition coefficient (Wildman–Crippen LogP) is 16.4. The summed E-state index contributed by atoms with van der Waals surface area (Å²) in [5, 5.41) is 9.42. The SMILES string of the molecule is c1ccc(-c2nc(-c3ccc(-c4ccc5ccccc5c4)cc3)nc(-c3cccc4c(-c5cccc6oc7ccc(-c8ccc9c(c8)sc8ccccc89)cc7c56)cccc34)n2)cc1. The Kier molecular flexibility index (Phi) is 8.36. The molecule has 0 spiro atoms. The van der Waals surface area contributed by atoms with Gasteiger partial charge in [0.1, 0.15) is 11.2 Å². The lowest BCUT2D eigenvalue weighted by Crippen LogP contribution is -2.00. The van der Waals surface area contributed by atoms with Crippen LogP contribution in [0, 0.1) is 0 Å². The second kappa shape index (κ2) is 14.7. The van der Waals surface area contributed by atoms with E-state index in [9.17, 15) is 0 Å². The third-order valence-electron chi connectivity index (χ3n) is 12.6. The molecule has 298 valence electrons. The van der Waals surface area contributed by atoms with Gasteiger partial charge in [0, 0.05) is 47.6 Å². The molecule has 10 aromatic carbocycles. The number of hydrogen-bond acceptors (Lipinski definition) is 5. The Balaban J connectivity index is 0.928. The first-order valence-corrected chi connectivity index (χ1v) is 22.3. The molecular weight excluding hydrogens is 799 g/mol. The molecule has 0 saturated carbocycles. The van der Waals surface area contributed by atoms with E-state index in [-0.39, 0.29) is 0 Å². The van der Waals surface area contributed by atoms with E-state index in [0.717, 1.165) is 71.7 Å². The fourth-order valence-corrected chi connectivity index (χ4v) is 10.5. The van der Waals surface area contributed by atoms with Gasteiger partial charge in [0.2, 0.25) is 0 Å². The van der Waals surface area contributed by atoms with Gasteiger partial charge in [-0.05, 0) is 91.3 Å². The van der Waals surface area contributed by atoms with Gasteiger partial charge in [0.15, 0.2) is 17.5 Å². The van der Waals surface area contributed by atoms with Crippen molar-refractivity contribution in [2.24, 2.45) is 0 Å². The summed E-state index contributed by atoms with van der Waals surface area (Å²) in [5.74, 6) is 1.88. The summed E-state index contributed by atoms with van der Waals surface area (Å²) in [5.41, 5.74) is 11.4. The van der Waals surface area contributed by atoms with Gasteiger partial charge in [0.25, 0.3) is 0 Å². The van der Waals surface area contributed by atoms with Crippen LogP contribution < -0.4 is 0 Å². The molecule has 0 amide bonds. The van der Waals surface area contributed by atoms with Crippen LogP contribution in [0.15, 0.2) is 217 Å². The van der Waals surface area contributed by atoms with Gasteiger partial charge in [-0.25, -0.2) is 15.0 Å². The highest BCUT2D eigenvalue weighted by Gasteiger charge is 2.19. The number of rotatable bonds is 6. The van der Waals surface area contributed by atoms with E-state index in [1.165, 1.54) is 42.1 Å². The quantitative estimate of drug-likeness (QED) is 0.167. The zero-order chi connectivity index (χ0) is 42.1. The van der Waals surface area contributed by atoms with E-state index >= 15 is 0 Å². The molecule has 0 radical (unpaired) electrons. The Morgan fingerprint density at radius 3 is 1.73 bits per heavy atom. The summed E-state index contributed by atoms with van der Waals surface area (Å²) in [6.45, 7) is 0.